The Labute approximate surface area is 208 Å². The summed E-state index contributed by atoms with van der Waals surface area (Å²) < 4.78 is 12.5. The van der Waals surface area contributed by atoms with Gasteiger partial charge >= 0.3 is 0 Å². The molecule has 0 radical (unpaired) electrons. The minimum atomic E-state index is -0.114. The summed E-state index contributed by atoms with van der Waals surface area (Å²) in [6, 6.07) is 19.9. The Kier molecular flexibility index (Phi) is 7.67. The second kappa shape index (κ2) is 11.1. The SMILES string of the molecule is COc1ccc(CC(=O)NCCc2nc3ccccc3n2CC(=O)c2ccc(Cl)cc2)cc1OC. The molecule has 0 aliphatic carbocycles. The second-order valence-electron chi connectivity index (χ2n) is 8.00. The lowest BCUT2D eigenvalue weighted by Crippen LogP contribution is -2.28. The van der Waals surface area contributed by atoms with E-state index in [4.69, 9.17) is 26.1 Å². The Morgan fingerprint density at radius 3 is 2.46 bits per heavy atom. The van der Waals surface area contributed by atoms with Crippen molar-refractivity contribution in [2.75, 3.05) is 20.8 Å². The molecule has 0 aliphatic rings. The predicted octanol–water partition coefficient (Wildman–Crippen LogP) is 4.49. The number of Topliss-reactive ketones (excluding diaryl/α,β-unsaturated/α-hetero) is 1. The first-order chi connectivity index (χ1) is 17.0. The number of benzene rings is 3. The first-order valence-electron chi connectivity index (χ1n) is 11.2. The largest absolute Gasteiger partial charge is 0.493 e. The van der Waals surface area contributed by atoms with Gasteiger partial charge in [-0.2, -0.15) is 0 Å². The van der Waals surface area contributed by atoms with Gasteiger partial charge in [-0.05, 0) is 54.1 Å². The molecule has 0 aliphatic heterocycles. The van der Waals surface area contributed by atoms with Gasteiger partial charge in [0.1, 0.15) is 5.82 Å². The molecule has 0 unspecified atom stereocenters. The average molecular weight is 492 g/mol. The van der Waals surface area contributed by atoms with Crippen LogP contribution in [0.3, 0.4) is 0 Å². The standard InChI is InChI=1S/C27H26ClN3O4/c1-34-24-12-7-18(15-25(24)35-2)16-27(33)29-14-13-26-30-21-5-3-4-6-22(21)31(26)17-23(32)19-8-10-20(28)11-9-19/h3-12,15H,13-14,16-17H2,1-2H3,(H,29,33). The van der Waals surface area contributed by atoms with Crippen LogP contribution >= 0.6 is 11.6 Å². The van der Waals surface area contributed by atoms with Gasteiger partial charge in [0.05, 0.1) is 38.2 Å². The monoisotopic (exact) mass is 491 g/mol. The summed E-state index contributed by atoms with van der Waals surface area (Å²) in [5.41, 5.74) is 3.09. The van der Waals surface area contributed by atoms with Crippen LogP contribution in [0.4, 0.5) is 0 Å². The highest BCUT2D eigenvalue weighted by molar-refractivity contribution is 6.30. The van der Waals surface area contributed by atoms with Crippen LogP contribution in [-0.4, -0.2) is 42.0 Å². The summed E-state index contributed by atoms with van der Waals surface area (Å²) in [7, 11) is 3.13. The number of hydrogen-bond acceptors (Lipinski definition) is 5. The summed E-state index contributed by atoms with van der Waals surface area (Å²) in [6.07, 6.45) is 0.700. The van der Waals surface area contributed by atoms with E-state index in [1.54, 1.807) is 50.6 Å². The Hall–Kier alpha value is -3.84. The second-order valence-corrected chi connectivity index (χ2v) is 8.44. The van der Waals surface area contributed by atoms with Crippen molar-refractivity contribution in [1.29, 1.82) is 0 Å². The molecule has 180 valence electrons. The van der Waals surface area contributed by atoms with Crippen molar-refractivity contribution in [3.63, 3.8) is 0 Å². The number of nitrogens with zero attached hydrogens (tertiary/aromatic N) is 2. The molecule has 0 atom stereocenters. The van der Waals surface area contributed by atoms with E-state index in [2.05, 4.69) is 5.32 Å². The lowest BCUT2D eigenvalue weighted by atomic mass is 10.1. The zero-order chi connectivity index (χ0) is 24.8. The van der Waals surface area contributed by atoms with E-state index in [1.165, 1.54) is 0 Å². The summed E-state index contributed by atoms with van der Waals surface area (Å²) in [4.78, 5) is 30.2. The van der Waals surface area contributed by atoms with Gasteiger partial charge in [-0.15, -0.1) is 0 Å². The van der Waals surface area contributed by atoms with Gasteiger partial charge in [0.25, 0.3) is 0 Å². The number of carbonyl (C=O) groups is 2. The number of hydrogen-bond donors (Lipinski definition) is 1. The highest BCUT2D eigenvalue weighted by Gasteiger charge is 2.15. The number of carbonyl (C=O) groups excluding carboxylic acids is 2. The first kappa shape index (κ1) is 24.3. The molecule has 0 saturated heterocycles. The lowest BCUT2D eigenvalue weighted by Gasteiger charge is -2.11. The molecule has 4 rings (SSSR count). The molecule has 1 N–H and O–H groups in total. The number of ether oxygens (including phenoxy) is 2. The highest BCUT2D eigenvalue weighted by atomic mass is 35.5. The molecule has 0 spiro atoms. The Bertz CT molecular complexity index is 1350. The number of aromatic nitrogens is 2. The van der Waals surface area contributed by atoms with E-state index in [-0.39, 0.29) is 24.7 Å². The summed E-state index contributed by atoms with van der Waals surface area (Å²) in [5, 5.41) is 3.53. The molecule has 0 saturated carbocycles. The Balaban J connectivity index is 1.43. The fraction of sp³-hybridized carbons (Fsp3) is 0.222. The van der Waals surface area contributed by atoms with E-state index < -0.39 is 0 Å². The molecule has 7 nitrogen and oxygen atoms in total. The van der Waals surface area contributed by atoms with Crippen LogP contribution in [0.5, 0.6) is 11.5 Å². The molecule has 0 fully saturated rings. The van der Waals surface area contributed by atoms with Crippen LogP contribution < -0.4 is 14.8 Å². The van der Waals surface area contributed by atoms with Crippen LogP contribution in [0, 0.1) is 0 Å². The van der Waals surface area contributed by atoms with Crippen molar-refractivity contribution in [3.8, 4) is 11.5 Å². The highest BCUT2D eigenvalue weighted by Crippen LogP contribution is 2.27. The summed E-state index contributed by atoms with van der Waals surface area (Å²) in [5.74, 6) is 1.78. The third kappa shape index (κ3) is 5.81. The van der Waals surface area contributed by atoms with Crippen molar-refractivity contribution >= 4 is 34.3 Å². The molecule has 4 aromatic rings. The number of ketones is 1. The minimum Gasteiger partial charge on any atom is -0.493 e. The molecular weight excluding hydrogens is 466 g/mol. The Morgan fingerprint density at radius 1 is 0.971 bits per heavy atom. The van der Waals surface area contributed by atoms with Crippen molar-refractivity contribution in [1.82, 2.24) is 14.9 Å². The van der Waals surface area contributed by atoms with Crippen LogP contribution in [0.25, 0.3) is 11.0 Å². The number of methoxy groups -OCH3 is 2. The van der Waals surface area contributed by atoms with E-state index in [1.807, 2.05) is 34.9 Å². The maximum atomic E-state index is 12.9. The number of amides is 1. The predicted molar refractivity (Wildman–Crippen MR) is 135 cm³/mol. The third-order valence-electron chi connectivity index (χ3n) is 5.68. The van der Waals surface area contributed by atoms with Crippen molar-refractivity contribution < 1.29 is 19.1 Å². The quantitative estimate of drug-likeness (QED) is 0.330. The first-order valence-corrected chi connectivity index (χ1v) is 11.6. The summed E-state index contributed by atoms with van der Waals surface area (Å²) in [6.45, 7) is 0.543. The molecule has 35 heavy (non-hydrogen) atoms. The molecular formula is C27H26ClN3O4. The van der Waals surface area contributed by atoms with Gasteiger partial charge < -0.3 is 19.4 Å². The van der Waals surface area contributed by atoms with Gasteiger partial charge in [-0.1, -0.05) is 29.8 Å². The van der Waals surface area contributed by atoms with Gasteiger partial charge in [-0.3, -0.25) is 9.59 Å². The van der Waals surface area contributed by atoms with Crippen LogP contribution in [0.1, 0.15) is 21.7 Å². The van der Waals surface area contributed by atoms with E-state index in [9.17, 15) is 9.59 Å². The number of rotatable bonds is 10. The van der Waals surface area contributed by atoms with E-state index in [0.717, 1.165) is 22.4 Å². The zero-order valence-corrected chi connectivity index (χ0v) is 20.3. The van der Waals surface area contributed by atoms with Crippen LogP contribution in [0.15, 0.2) is 66.7 Å². The van der Waals surface area contributed by atoms with Gasteiger partial charge in [-0.25, -0.2) is 4.98 Å². The average Bonchev–Trinajstić information content (AvgIpc) is 3.21. The fourth-order valence-electron chi connectivity index (χ4n) is 3.92. The normalized spacial score (nSPS) is 10.8. The van der Waals surface area contributed by atoms with E-state index in [0.29, 0.717) is 35.1 Å². The lowest BCUT2D eigenvalue weighted by molar-refractivity contribution is -0.120. The van der Waals surface area contributed by atoms with E-state index >= 15 is 0 Å². The molecule has 0 bridgehead atoms. The van der Waals surface area contributed by atoms with Crippen LogP contribution in [0.2, 0.25) is 5.02 Å². The minimum absolute atomic E-state index is 0.0384. The number of para-hydroxylation sites is 2. The number of halogens is 1. The van der Waals surface area contributed by atoms with Gasteiger partial charge in [0.15, 0.2) is 17.3 Å². The summed E-state index contributed by atoms with van der Waals surface area (Å²) >= 11 is 5.95. The van der Waals surface area contributed by atoms with Gasteiger partial charge in [0.2, 0.25) is 5.91 Å². The van der Waals surface area contributed by atoms with Crippen molar-refractivity contribution in [3.05, 3.63) is 88.7 Å². The molecule has 1 amide bonds. The Morgan fingerprint density at radius 2 is 1.71 bits per heavy atom. The maximum absolute atomic E-state index is 12.9. The topological polar surface area (TPSA) is 82.5 Å². The molecule has 1 aromatic heterocycles. The number of imidazole rings is 1. The third-order valence-corrected chi connectivity index (χ3v) is 5.94. The number of fused-ring (bicyclic) bond motifs is 1. The maximum Gasteiger partial charge on any atom is 0.224 e. The number of nitrogens with one attached hydrogen (secondary N) is 1. The molecule has 1 heterocycles. The van der Waals surface area contributed by atoms with Crippen molar-refractivity contribution in [2.24, 2.45) is 0 Å². The molecule has 3 aromatic carbocycles. The van der Waals surface area contributed by atoms with Crippen LogP contribution in [-0.2, 0) is 24.2 Å². The fourth-order valence-corrected chi connectivity index (χ4v) is 4.04. The van der Waals surface area contributed by atoms with Crippen molar-refractivity contribution in [2.45, 2.75) is 19.4 Å². The zero-order valence-electron chi connectivity index (χ0n) is 19.6. The smallest absolute Gasteiger partial charge is 0.224 e. The van der Waals surface area contributed by atoms with Gasteiger partial charge in [0, 0.05) is 23.6 Å². The molecule has 8 heteroatoms.